The Morgan fingerprint density at radius 1 is 1.31 bits per heavy atom. The van der Waals surface area contributed by atoms with Crippen molar-refractivity contribution < 1.29 is 18.4 Å². The number of carbonyl (C=O) groups excluding carboxylic acids is 1. The largest absolute Gasteiger partial charge is 0.440 e. The number of hydrazone groups is 1. The van der Waals surface area contributed by atoms with Gasteiger partial charge in [-0.1, -0.05) is 37.3 Å². The maximum atomic E-state index is 13.0. The average molecular weight is 395 g/mol. The molecule has 7 nitrogen and oxygen atoms in total. The van der Waals surface area contributed by atoms with Crippen LogP contribution >= 0.6 is 18.2 Å². The summed E-state index contributed by atoms with van der Waals surface area (Å²) in [6, 6.07) is 10.4. The van der Waals surface area contributed by atoms with Crippen LogP contribution in [0, 0.1) is 0 Å². The lowest BCUT2D eigenvalue weighted by Gasteiger charge is -2.19. The summed E-state index contributed by atoms with van der Waals surface area (Å²) in [6.07, 6.45) is 2.27. The Bertz CT molecular complexity index is 844. The third kappa shape index (κ3) is 5.49. The van der Waals surface area contributed by atoms with E-state index in [2.05, 4.69) is 10.5 Å². The van der Waals surface area contributed by atoms with Gasteiger partial charge in [-0.15, -0.1) is 0 Å². The molecule has 9 heteroatoms. The van der Waals surface area contributed by atoms with Gasteiger partial charge in [0.25, 0.3) is 0 Å². The van der Waals surface area contributed by atoms with E-state index in [0.29, 0.717) is 17.1 Å². The zero-order valence-electron chi connectivity index (χ0n) is 14.7. The molecule has 2 aromatic rings. The lowest BCUT2D eigenvalue weighted by Crippen LogP contribution is -2.24. The molecular weight excluding hydrogens is 373 g/mol. The number of primary amides is 1. The van der Waals surface area contributed by atoms with E-state index < -0.39 is 12.8 Å². The Balaban J connectivity index is 2.45. The highest BCUT2D eigenvalue weighted by molar-refractivity contribution is 8.55. The molecular formula is C17H22N3O4PS. The van der Waals surface area contributed by atoms with E-state index in [1.165, 1.54) is 6.21 Å². The van der Waals surface area contributed by atoms with Crippen LogP contribution in [-0.2, 0) is 9.09 Å². The minimum absolute atomic E-state index is 0.272. The smallest absolute Gasteiger partial charge is 0.416 e. The molecule has 2 rings (SSSR count). The molecule has 0 spiro atoms. The minimum atomic E-state index is -3.37. The highest BCUT2D eigenvalue weighted by Gasteiger charge is 2.27. The predicted molar refractivity (Wildman–Crippen MR) is 107 cm³/mol. The molecule has 26 heavy (non-hydrogen) atoms. The molecule has 0 fully saturated rings. The van der Waals surface area contributed by atoms with Crippen LogP contribution in [0.25, 0.3) is 10.8 Å². The van der Waals surface area contributed by atoms with Crippen molar-refractivity contribution in [2.75, 3.05) is 12.4 Å². The molecule has 2 amide bonds. The van der Waals surface area contributed by atoms with Gasteiger partial charge in [-0.25, -0.2) is 14.8 Å². The Morgan fingerprint density at radius 3 is 2.77 bits per heavy atom. The van der Waals surface area contributed by atoms with E-state index in [1.54, 1.807) is 13.0 Å². The number of hydrogen-bond acceptors (Lipinski definition) is 6. The van der Waals surface area contributed by atoms with E-state index in [9.17, 15) is 9.36 Å². The maximum Gasteiger partial charge on any atom is 0.440 e. The van der Waals surface area contributed by atoms with Gasteiger partial charge in [0.1, 0.15) is 5.75 Å². The summed E-state index contributed by atoms with van der Waals surface area (Å²) in [5.41, 5.74) is 7.77. The molecule has 0 saturated heterocycles. The van der Waals surface area contributed by atoms with Crippen molar-refractivity contribution in [3.8, 4) is 5.75 Å². The number of nitrogens with zero attached hydrogens (tertiary/aromatic N) is 1. The van der Waals surface area contributed by atoms with Crippen molar-refractivity contribution in [3.05, 3.63) is 42.0 Å². The molecule has 0 saturated carbocycles. The first-order valence-corrected chi connectivity index (χ1v) is 11.3. The van der Waals surface area contributed by atoms with Crippen molar-refractivity contribution in [1.82, 2.24) is 5.43 Å². The molecule has 0 aliphatic carbocycles. The maximum absolute atomic E-state index is 13.0. The third-order valence-corrected chi connectivity index (χ3v) is 7.19. The Kier molecular flexibility index (Phi) is 7.50. The Labute approximate surface area is 156 Å². The van der Waals surface area contributed by atoms with Gasteiger partial charge in [0.05, 0.1) is 12.8 Å². The monoisotopic (exact) mass is 395 g/mol. The number of urea groups is 1. The Hall–Kier alpha value is -2.02. The fraction of sp³-hybridized carbons (Fsp3) is 0.294. The van der Waals surface area contributed by atoms with Crippen LogP contribution in [0.4, 0.5) is 4.79 Å². The molecule has 0 heterocycles. The normalized spacial score (nSPS) is 13.6. The zero-order valence-corrected chi connectivity index (χ0v) is 16.4. The van der Waals surface area contributed by atoms with Gasteiger partial charge in [0.2, 0.25) is 0 Å². The van der Waals surface area contributed by atoms with E-state index in [0.717, 1.165) is 28.6 Å². The highest BCUT2D eigenvalue weighted by atomic mass is 32.7. The van der Waals surface area contributed by atoms with Crippen LogP contribution in [0.3, 0.4) is 0 Å². The Morgan fingerprint density at radius 2 is 2.08 bits per heavy atom. The van der Waals surface area contributed by atoms with E-state index in [4.69, 9.17) is 14.8 Å². The zero-order chi connectivity index (χ0) is 19.0. The SMILES string of the molecule is CCCSP(=O)(OCC)Oc1ccc2ccccc2c1C=NNC(N)=O. The van der Waals surface area contributed by atoms with E-state index in [-0.39, 0.29) is 6.61 Å². The number of benzene rings is 2. The summed E-state index contributed by atoms with van der Waals surface area (Å²) in [7, 11) is 0. The number of nitrogens with two attached hydrogens (primary N) is 1. The lowest BCUT2D eigenvalue weighted by molar-refractivity contribution is 0.249. The first kappa shape index (κ1) is 20.3. The fourth-order valence-corrected chi connectivity index (χ4v) is 5.68. The molecule has 0 aliphatic rings. The predicted octanol–water partition coefficient (Wildman–Crippen LogP) is 4.51. The van der Waals surface area contributed by atoms with Crippen LogP contribution in [0.1, 0.15) is 25.8 Å². The summed E-state index contributed by atoms with van der Waals surface area (Å²) in [4.78, 5) is 10.9. The van der Waals surface area contributed by atoms with Crippen molar-refractivity contribution in [3.63, 3.8) is 0 Å². The first-order chi connectivity index (χ1) is 12.5. The standard InChI is InChI=1S/C17H22N3O4PS/c1-3-11-26-25(22,23-4-2)24-16-10-9-13-7-5-6-8-14(13)15(16)12-19-20-17(18)21/h5-10,12H,3-4,11H2,1-2H3,(H3,18,20,21). The average Bonchev–Trinajstić information content (AvgIpc) is 2.61. The number of hydrogen-bond donors (Lipinski definition) is 2. The minimum Gasteiger partial charge on any atom is -0.416 e. The van der Waals surface area contributed by atoms with Crippen LogP contribution in [0.2, 0.25) is 0 Å². The number of nitrogens with one attached hydrogen (secondary N) is 1. The number of fused-ring (bicyclic) bond motifs is 1. The quantitative estimate of drug-likeness (QED) is 0.369. The molecule has 2 aromatic carbocycles. The van der Waals surface area contributed by atoms with Crippen molar-refractivity contribution in [2.45, 2.75) is 20.3 Å². The lowest BCUT2D eigenvalue weighted by atomic mass is 10.0. The summed E-state index contributed by atoms with van der Waals surface area (Å²) in [6.45, 7) is 0.660. The number of carbonyl (C=O) groups is 1. The molecule has 0 radical (unpaired) electrons. The second-order valence-electron chi connectivity index (χ2n) is 5.22. The summed E-state index contributed by atoms with van der Waals surface area (Å²) in [5, 5.41) is 5.61. The number of rotatable bonds is 9. The second-order valence-corrected chi connectivity index (χ2v) is 9.34. The highest BCUT2D eigenvalue weighted by Crippen LogP contribution is 2.60. The van der Waals surface area contributed by atoms with E-state index >= 15 is 0 Å². The van der Waals surface area contributed by atoms with Crippen molar-refractivity contribution in [2.24, 2.45) is 10.8 Å². The topological polar surface area (TPSA) is 103 Å². The molecule has 0 bridgehead atoms. The van der Waals surface area contributed by atoms with Gasteiger partial charge in [-0.05, 0) is 41.6 Å². The third-order valence-electron chi connectivity index (χ3n) is 3.25. The van der Waals surface area contributed by atoms with Crippen LogP contribution < -0.4 is 15.7 Å². The van der Waals surface area contributed by atoms with Gasteiger partial charge >= 0.3 is 12.8 Å². The van der Waals surface area contributed by atoms with Gasteiger partial charge < -0.3 is 10.3 Å². The van der Waals surface area contributed by atoms with Gasteiger partial charge in [0, 0.05) is 11.3 Å². The van der Waals surface area contributed by atoms with Crippen molar-refractivity contribution in [1.29, 1.82) is 0 Å². The molecule has 0 aromatic heterocycles. The molecule has 1 unspecified atom stereocenters. The molecule has 1 atom stereocenters. The molecule has 140 valence electrons. The van der Waals surface area contributed by atoms with Crippen LogP contribution in [-0.4, -0.2) is 24.6 Å². The summed E-state index contributed by atoms with van der Waals surface area (Å²) in [5.74, 6) is 1.01. The summed E-state index contributed by atoms with van der Waals surface area (Å²) < 4.78 is 24.2. The molecule has 0 aliphatic heterocycles. The van der Waals surface area contributed by atoms with Gasteiger partial charge in [0.15, 0.2) is 0 Å². The van der Waals surface area contributed by atoms with Crippen LogP contribution in [0.15, 0.2) is 41.5 Å². The second kappa shape index (κ2) is 9.62. The van der Waals surface area contributed by atoms with Crippen molar-refractivity contribution >= 4 is 41.2 Å². The number of amides is 2. The first-order valence-electron chi connectivity index (χ1n) is 8.18. The van der Waals surface area contributed by atoms with E-state index in [1.807, 2.05) is 37.3 Å². The summed E-state index contributed by atoms with van der Waals surface area (Å²) >= 11 is 1.16. The van der Waals surface area contributed by atoms with Gasteiger partial charge in [-0.2, -0.15) is 5.10 Å². The van der Waals surface area contributed by atoms with Crippen LogP contribution in [0.5, 0.6) is 5.75 Å². The fourth-order valence-electron chi connectivity index (χ4n) is 2.22. The molecule has 3 N–H and O–H groups in total. The van der Waals surface area contributed by atoms with Gasteiger partial charge in [-0.3, -0.25) is 4.52 Å².